The minimum Gasteiger partial charge on any atom is -0.427 e. The molecule has 134 valence electrons. The second kappa shape index (κ2) is 6.93. The summed E-state index contributed by atoms with van der Waals surface area (Å²) in [5.74, 6) is -0.624. The first-order chi connectivity index (χ1) is 13.0. The zero-order valence-corrected chi connectivity index (χ0v) is 16.6. The van der Waals surface area contributed by atoms with Gasteiger partial charge in [0.1, 0.15) is 5.56 Å². The molecule has 1 N–H and O–H groups in total. The van der Waals surface area contributed by atoms with E-state index in [4.69, 9.17) is 0 Å². The molecule has 0 radical (unpaired) electrons. The highest BCUT2D eigenvalue weighted by Crippen LogP contribution is 2.16. The van der Waals surface area contributed by atoms with Crippen LogP contribution in [0.5, 0.6) is 0 Å². The molecular weight excluding hydrogens is 456 g/mol. The van der Waals surface area contributed by atoms with Crippen molar-refractivity contribution in [2.45, 2.75) is 13.5 Å². The molecule has 0 spiro atoms. The van der Waals surface area contributed by atoms with Gasteiger partial charge in [0.2, 0.25) is 5.43 Å². The van der Waals surface area contributed by atoms with Gasteiger partial charge in [0, 0.05) is 21.7 Å². The number of fused-ring (bicyclic) bond motifs is 2. The molecule has 2 heterocycles. The van der Waals surface area contributed by atoms with Crippen LogP contribution < -0.4 is 10.9 Å². The van der Waals surface area contributed by atoms with Gasteiger partial charge in [-0.1, -0.05) is 18.2 Å². The van der Waals surface area contributed by atoms with Crippen LogP contribution in [0.3, 0.4) is 0 Å². The van der Waals surface area contributed by atoms with Crippen LogP contribution in [0, 0.1) is 3.57 Å². The monoisotopic (exact) mass is 471 g/mol. The van der Waals surface area contributed by atoms with Gasteiger partial charge in [-0.2, -0.15) is 5.10 Å². The Morgan fingerprint density at radius 1 is 1.26 bits per heavy atom. The molecule has 1 aliphatic rings. The number of carbonyl (C=O) groups excluding carboxylic acids is 1. The smallest absolute Gasteiger partial charge is 0.427 e. The van der Waals surface area contributed by atoms with Gasteiger partial charge in [0.05, 0.1) is 11.7 Å². The summed E-state index contributed by atoms with van der Waals surface area (Å²) < 4.78 is 2.85. The maximum Gasteiger partial charge on any atom is 0.474 e. The van der Waals surface area contributed by atoms with E-state index < -0.39 is 13.0 Å². The summed E-state index contributed by atoms with van der Waals surface area (Å²) in [6.07, 6.45) is 3.07. The highest BCUT2D eigenvalue weighted by atomic mass is 127. The van der Waals surface area contributed by atoms with Gasteiger partial charge in [-0.25, -0.2) is 4.92 Å². The Kier molecular flexibility index (Phi) is 4.61. The van der Waals surface area contributed by atoms with E-state index in [0.717, 1.165) is 19.6 Å². The molecule has 1 aromatic heterocycles. The molecule has 6 nitrogen and oxygen atoms in total. The van der Waals surface area contributed by atoms with Gasteiger partial charge in [0.15, 0.2) is 0 Å². The number of benzene rings is 2. The number of para-hydroxylation sites is 1. The molecular formula is C19H15BIN3O3. The van der Waals surface area contributed by atoms with E-state index in [1.54, 1.807) is 24.4 Å². The average molecular weight is 471 g/mol. The van der Waals surface area contributed by atoms with Gasteiger partial charge < -0.3 is 9.59 Å². The molecule has 0 aliphatic carbocycles. The van der Waals surface area contributed by atoms with Gasteiger partial charge in [-0.3, -0.25) is 9.59 Å². The van der Waals surface area contributed by atoms with Crippen molar-refractivity contribution in [3.63, 3.8) is 0 Å². The Morgan fingerprint density at radius 2 is 2.04 bits per heavy atom. The zero-order valence-electron chi connectivity index (χ0n) is 14.5. The van der Waals surface area contributed by atoms with Crippen LogP contribution in [0.25, 0.3) is 10.9 Å². The largest absolute Gasteiger partial charge is 0.474 e. The number of aryl methyl sites for hydroxylation is 1. The number of hydrazone groups is 1. The summed E-state index contributed by atoms with van der Waals surface area (Å²) in [5, 5.41) is 15.2. The van der Waals surface area contributed by atoms with Crippen molar-refractivity contribution in [3.05, 3.63) is 73.6 Å². The molecule has 0 atom stereocenters. The van der Waals surface area contributed by atoms with Crippen LogP contribution in [-0.4, -0.2) is 33.7 Å². The minimum absolute atomic E-state index is 0.0132. The van der Waals surface area contributed by atoms with Crippen LogP contribution in [0.4, 0.5) is 0 Å². The molecule has 4 rings (SSSR count). The lowest BCUT2D eigenvalue weighted by Crippen LogP contribution is -2.53. The van der Waals surface area contributed by atoms with Crippen LogP contribution in [-0.2, 0) is 6.54 Å². The van der Waals surface area contributed by atoms with Gasteiger partial charge >= 0.3 is 7.05 Å². The van der Waals surface area contributed by atoms with E-state index in [-0.39, 0.29) is 11.0 Å². The van der Waals surface area contributed by atoms with Crippen molar-refractivity contribution in [2.75, 3.05) is 0 Å². The second-order valence-corrected chi connectivity index (χ2v) is 7.46. The van der Waals surface area contributed by atoms with Gasteiger partial charge in [-0.15, -0.1) is 0 Å². The summed E-state index contributed by atoms with van der Waals surface area (Å²) in [6.45, 7) is 2.55. The predicted molar refractivity (Wildman–Crippen MR) is 114 cm³/mol. The fourth-order valence-electron chi connectivity index (χ4n) is 3.26. The third-order valence-electron chi connectivity index (χ3n) is 4.65. The van der Waals surface area contributed by atoms with E-state index in [2.05, 4.69) is 27.7 Å². The molecule has 0 fully saturated rings. The molecule has 1 amide bonds. The number of pyridine rings is 1. The van der Waals surface area contributed by atoms with E-state index in [0.29, 0.717) is 17.4 Å². The van der Waals surface area contributed by atoms with Crippen molar-refractivity contribution in [1.29, 1.82) is 0 Å². The molecule has 8 heteroatoms. The lowest BCUT2D eigenvalue weighted by Gasteiger charge is -2.25. The van der Waals surface area contributed by atoms with Crippen molar-refractivity contribution < 1.29 is 9.82 Å². The van der Waals surface area contributed by atoms with E-state index >= 15 is 0 Å². The Balaban J connectivity index is 1.81. The predicted octanol–water partition coefficient (Wildman–Crippen LogP) is 1.80. The number of hydrogen-bond donors (Lipinski definition) is 1. The third kappa shape index (κ3) is 2.98. The van der Waals surface area contributed by atoms with Crippen LogP contribution in [0.1, 0.15) is 22.8 Å². The highest BCUT2D eigenvalue weighted by molar-refractivity contribution is 14.1. The number of rotatable bonds is 2. The Labute approximate surface area is 169 Å². The van der Waals surface area contributed by atoms with Crippen LogP contribution >= 0.6 is 22.6 Å². The van der Waals surface area contributed by atoms with Crippen molar-refractivity contribution in [3.8, 4) is 0 Å². The van der Waals surface area contributed by atoms with Crippen molar-refractivity contribution in [2.24, 2.45) is 5.10 Å². The number of amides is 1. The molecule has 27 heavy (non-hydrogen) atoms. The summed E-state index contributed by atoms with van der Waals surface area (Å²) in [5.41, 5.74) is 1.72. The SMILES string of the molecule is CCn1cc(C(=O)N2N=Cc3cc(I)ccc3B2O)c(=O)c2ccccc21. The molecule has 2 aromatic carbocycles. The topological polar surface area (TPSA) is 74.9 Å². The molecule has 3 aromatic rings. The fraction of sp³-hybridized carbons (Fsp3) is 0.105. The standard InChI is InChI=1S/C19H15BIN3O3/c1-2-23-11-15(18(25)14-5-3-4-6-17(14)23)19(26)24-20(27)16-8-7-13(21)9-12(16)10-22-24/h3-11,27H,2H2,1H3. The van der Waals surface area contributed by atoms with Gasteiger partial charge in [-0.05, 0) is 64.8 Å². The zero-order chi connectivity index (χ0) is 19.1. The lowest BCUT2D eigenvalue weighted by atomic mass is 9.69. The second-order valence-electron chi connectivity index (χ2n) is 6.22. The molecule has 0 bridgehead atoms. The van der Waals surface area contributed by atoms with Crippen molar-refractivity contribution in [1.82, 2.24) is 9.49 Å². The van der Waals surface area contributed by atoms with Crippen LogP contribution in [0.15, 0.2) is 58.6 Å². The Bertz CT molecular complexity index is 1160. The van der Waals surface area contributed by atoms with Crippen LogP contribution in [0.2, 0.25) is 0 Å². The van der Waals surface area contributed by atoms with E-state index in [1.165, 1.54) is 6.21 Å². The Hall–Kier alpha value is -2.46. The highest BCUT2D eigenvalue weighted by Gasteiger charge is 2.35. The number of halogens is 1. The third-order valence-corrected chi connectivity index (χ3v) is 5.32. The molecule has 1 aliphatic heterocycles. The summed E-state index contributed by atoms with van der Waals surface area (Å²) >= 11 is 2.17. The molecule has 0 saturated carbocycles. The maximum absolute atomic E-state index is 13.1. The fourth-order valence-corrected chi connectivity index (χ4v) is 3.77. The lowest BCUT2D eigenvalue weighted by molar-refractivity contribution is 0.0844. The van der Waals surface area contributed by atoms with E-state index in [9.17, 15) is 14.6 Å². The normalized spacial score (nSPS) is 13.1. The first-order valence-corrected chi connectivity index (χ1v) is 9.56. The number of aromatic nitrogens is 1. The minimum atomic E-state index is -1.24. The quantitative estimate of drug-likeness (QED) is 0.458. The summed E-state index contributed by atoms with van der Waals surface area (Å²) in [6, 6.07) is 12.7. The number of nitrogens with zero attached hydrogens (tertiary/aromatic N) is 3. The first kappa shape index (κ1) is 17.9. The summed E-state index contributed by atoms with van der Waals surface area (Å²) in [7, 11) is -1.24. The van der Waals surface area contributed by atoms with Crippen molar-refractivity contribution >= 4 is 58.1 Å². The first-order valence-electron chi connectivity index (χ1n) is 8.48. The molecule has 0 saturated heterocycles. The van der Waals surface area contributed by atoms with E-state index in [1.807, 2.05) is 35.8 Å². The molecule has 0 unspecified atom stereocenters. The number of carbonyl (C=O) groups is 1. The average Bonchev–Trinajstić information content (AvgIpc) is 2.68. The number of hydrogen-bond acceptors (Lipinski definition) is 4. The van der Waals surface area contributed by atoms with Gasteiger partial charge in [0.25, 0.3) is 5.91 Å². The maximum atomic E-state index is 13.1. The summed E-state index contributed by atoms with van der Waals surface area (Å²) in [4.78, 5) is 26.9. The Morgan fingerprint density at radius 3 is 2.81 bits per heavy atom.